The Morgan fingerprint density at radius 1 is 1.09 bits per heavy atom. The van der Waals surface area contributed by atoms with Crippen LogP contribution in [0.15, 0.2) is 60.9 Å². The highest BCUT2D eigenvalue weighted by atomic mass is 35.5. The smallest absolute Gasteiger partial charge is 0.310 e. The zero-order valence-electron chi connectivity index (χ0n) is 31.8. The molecule has 3 aliphatic rings. The van der Waals surface area contributed by atoms with Crippen molar-refractivity contribution in [2.75, 3.05) is 13.1 Å². The first-order valence-electron chi connectivity index (χ1n) is 19.7. The molecule has 13 heteroatoms. The molecule has 2 saturated carbocycles. The van der Waals surface area contributed by atoms with E-state index >= 15 is 0 Å². The van der Waals surface area contributed by atoms with E-state index in [0.29, 0.717) is 35.7 Å². The van der Waals surface area contributed by atoms with Crippen LogP contribution < -0.4 is 10.1 Å². The Morgan fingerprint density at radius 2 is 1.85 bits per heavy atom. The second-order valence-electron chi connectivity index (χ2n) is 15.5. The molecule has 3 fully saturated rings. The number of amides is 2. The van der Waals surface area contributed by atoms with Gasteiger partial charge in [0.2, 0.25) is 11.8 Å². The molecule has 1 aliphatic heterocycles. The monoisotopic (exact) mass is 778 g/mol. The molecule has 0 radical (unpaired) electrons. The van der Waals surface area contributed by atoms with Crippen molar-refractivity contribution >= 4 is 23.4 Å². The van der Waals surface area contributed by atoms with Crippen molar-refractivity contribution in [2.24, 2.45) is 0 Å². The molecular formula is C42H55ClN4O8. The number of nitrogens with zero attached hydrogens (tertiary/aromatic N) is 3. The van der Waals surface area contributed by atoms with Crippen molar-refractivity contribution < 1.29 is 39.9 Å². The number of hydrogen-bond acceptors (Lipinski definition) is 10. The third-order valence-corrected chi connectivity index (χ3v) is 11.7. The highest BCUT2D eigenvalue weighted by Crippen LogP contribution is 2.50. The lowest BCUT2D eigenvalue weighted by Crippen LogP contribution is -2.73. The van der Waals surface area contributed by atoms with Crippen LogP contribution in [0, 0.1) is 0 Å². The van der Waals surface area contributed by atoms with Gasteiger partial charge in [-0.1, -0.05) is 68.6 Å². The van der Waals surface area contributed by atoms with E-state index in [-0.39, 0.29) is 49.9 Å². The fourth-order valence-corrected chi connectivity index (χ4v) is 7.67. The summed E-state index contributed by atoms with van der Waals surface area (Å²) >= 11 is 6.74. The number of hydrogen-bond donors (Lipinski definition) is 6. The highest BCUT2D eigenvalue weighted by Gasteiger charge is 2.60. The fraction of sp³-hybridized carbons (Fsp3) is 0.548. The zero-order valence-corrected chi connectivity index (χ0v) is 32.5. The Bertz CT molecular complexity index is 1810. The number of carbonyl (C=O) groups is 2. The van der Waals surface area contributed by atoms with E-state index in [4.69, 9.17) is 16.3 Å². The summed E-state index contributed by atoms with van der Waals surface area (Å²) in [5.74, 6) is -7.64. The maximum absolute atomic E-state index is 13.4. The van der Waals surface area contributed by atoms with Crippen LogP contribution in [-0.2, 0) is 21.7 Å². The lowest BCUT2D eigenvalue weighted by molar-refractivity contribution is -0.436. The molecule has 1 aromatic heterocycles. The third-order valence-electron chi connectivity index (χ3n) is 11.3. The van der Waals surface area contributed by atoms with Gasteiger partial charge in [-0.25, -0.2) is 0 Å². The second-order valence-corrected chi connectivity index (χ2v) is 15.9. The predicted molar refractivity (Wildman–Crippen MR) is 207 cm³/mol. The lowest BCUT2D eigenvalue weighted by Gasteiger charge is -2.46. The number of carbonyl (C=O) groups excluding carboxylic acids is 2. The van der Waals surface area contributed by atoms with Crippen LogP contribution >= 0.6 is 11.6 Å². The van der Waals surface area contributed by atoms with Crippen LogP contribution in [0.5, 0.6) is 5.75 Å². The number of unbranched alkanes of at least 4 members (excludes halogenated alkanes) is 2. The molecule has 0 spiro atoms. The number of aliphatic hydroxyl groups excluding tert-OH is 1. The second kappa shape index (κ2) is 17.3. The largest absolute Gasteiger partial charge is 0.490 e. The van der Waals surface area contributed by atoms with Crippen molar-refractivity contribution in [3.05, 3.63) is 82.6 Å². The topological polar surface area (TPSA) is 176 Å². The molecule has 2 amide bonds. The zero-order chi connectivity index (χ0) is 39.4. The van der Waals surface area contributed by atoms with Gasteiger partial charge in [-0.05, 0) is 97.7 Å². The van der Waals surface area contributed by atoms with Gasteiger partial charge >= 0.3 is 5.91 Å². The Kier molecular flexibility index (Phi) is 12.9. The number of aromatic nitrogens is 1. The first-order chi connectivity index (χ1) is 26.3. The van der Waals surface area contributed by atoms with Gasteiger partial charge in [-0.15, -0.1) is 0 Å². The molecule has 12 nitrogen and oxygen atoms in total. The van der Waals surface area contributed by atoms with Crippen molar-refractivity contribution in [1.82, 2.24) is 20.1 Å². The molecule has 2 unspecified atom stereocenters. The maximum atomic E-state index is 13.4. The molecule has 6 rings (SSSR count). The van der Waals surface area contributed by atoms with Gasteiger partial charge in [0.15, 0.2) is 6.23 Å². The summed E-state index contributed by atoms with van der Waals surface area (Å²) in [6, 6.07) is 16.1. The van der Waals surface area contributed by atoms with E-state index in [1.807, 2.05) is 56.6 Å². The first-order valence-corrected chi connectivity index (χ1v) is 20.1. The normalized spacial score (nSPS) is 18.0. The number of rotatable bonds is 20. The van der Waals surface area contributed by atoms with Crippen LogP contribution in [-0.4, -0.2) is 89.3 Å². The van der Waals surface area contributed by atoms with E-state index in [2.05, 4.69) is 28.5 Å². The summed E-state index contributed by atoms with van der Waals surface area (Å²) in [5, 5.41) is 59.3. The van der Waals surface area contributed by atoms with Gasteiger partial charge in [0.05, 0.1) is 6.10 Å². The summed E-state index contributed by atoms with van der Waals surface area (Å²) in [6.45, 7) is 4.28. The van der Waals surface area contributed by atoms with Crippen LogP contribution in [0.1, 0.15) is 114 Å². The van der Waals surface area contributed by atoms with Gasteiger partial charge in [0.1, 0.15) is 5.75 Å². The van der Waals surface area contributed by atoms with Gasteiger partial charge in [0, 0.05) is 61.0 Å². The fourth-order valence-electron chi connectivity index (χ4n) is 7.49. The summed E-state index contributed by atoms with van der Waals surface area (Å²) in [6.07, 6.45) is 8.89. The number of halogens is 1. The van der Waals surface area contributed by atoms with Crippen molar-refractivity contribution in [2.45, 2.75) is 133 Å². The Labute approximate surface area is 328 Å². The number of nitrogens with one attached hydrogen (secondary N) is 1. The summed E-state index contributed by atoms with van der Waals surface area (Å²) < 4.78 is 6.27. The molecule has 0 bridgehead atoms. The predicted octanol–water partition coefficient (Wildman–Crippen LogP) is 5.27. The van der Waals surface area contributed by atoms with Crippen LogP contribution in [0.25, 0.3) is 11.1 Å². The van der Waals surface area contributed by atoms with Gasteiger partial charge in [0.25, 0.3) is 5.79 Å². The Morgan fingerprint density at radius 3 is 2.55 bits per heavy atom. The Balaban J connectivity index is 1.12. The number of para-hydroxylation sites is 1. The number of ether oxygens (including phenoxy) is 1. The minimum absolute atomic E-state index is 0.00923. The molecule has 2 atom stereocenters. The molecule has 2 aliphatic carbocycles. The molecule has 3 aromatic rings. The molecule has 298 valence electrons. The van der Waals surface area contributed by atoms with E-state index in [1.165, 1.54) is 0 Å². The van der Waals surface area contributed by atoms with Crippen LogP contribution in [0.3, 0.4) is 0 Å². The van der Waals surface area contributed by atoms with E-state index in [0.717, 1.165) is 77.0 Å². The molecule has 1 saturated heterocycles. The molecule has 6 N–H and O–H groups in total. The highest BCUT2D eigenvalue weighted by molar-refractivity contribution is 6.31. The van der Waals surface area contributed by atoms with E-state index < -0.39 is 29.7 Å². The number of pyridine rings is 1. The standard InChI is InChI=1S/C42H55ClN4O8/c1-3-4-5-13-38(49)47(42(53,54)41(51,52)39(50)46-23-9-14-37(46)48)24-8-10-28(2)29-15-18-35(43)30(25-29)26-45-40(20-21-40)34-27-44-22-19-32(34)33-11-6-7-12-36(33)55-31-16-17-31/h6-7,11-12,15,18-19,22,25,27-28,31,39,45,50-54H,3-5,8-10,13-14,16-17,20-21,23-24,26H2,1-2H3. The molecule has 55 heavy (non-hydrogen) atoms. The lowest BCUT2D eigenvalue weighted by atomic mass is 9.93. The first kappa shape index (κ1) is 41.0. The summed E-state index contributed by atoms with van der Waals surface area (Å²) in [5.41, 5.74) is 4.93. The van der Waals surface area contributed by atoms with Gasteiger partial charge in [-0.3, -0.25) is 19.5 Å². The quantitative estimate of drug-likeness (QED) is 0.0655. The molecule has 2 aromatic carbocycles. The average Bonchev–Trinajstić information content (AvgIpc) is 4.11. The summed E-state index contributed by atoms with van der Waals surface area (Å²) in [7, 11) is 0. The number of aliphatic hydroxyl groups is 5. The van der Waals surface area contributed by atoms with Gasteiger partial charge < -0.3 is 40.5 Å². The SMILES string of the molecule is CCCCCC(=O)N(CCCC(C)c1ccc(Cl)c(CNC2(c3cnccc3-c3ccccc3OC3CC3)CC2)c1)C(O)(O)C(O)(O)C(O)N1CCCC1=O. The van der Waals surface area contributed by atoms with E-state index in [1.54, 1.807) is 0 Å². The molecule has 2 heterocycles. The van der Waals surface area contributed by atoms with E-state index in [9.17, 15) is 35.1 Å². The van der Waals surface area contributed by atoms with Crippen molar-refractivity contribution in [3.63, 3.8) is 0 Å². The molecular weight excluding hydrogens is 724 g/mol. The van der Waals surface area contributed by atoms with Crippen molar-refractivity contribution in [1.29, 1.82) is 0 Å². The van der Waals surface area contributed by atoms with Crippen LogP contribution in [0.2, 0.25) is 5.02 Å². The Hall–Kier alpha value is -3.62. The number of likely N-dealkylation sites (tertiary alicyclic amines) is 1. The minimum Gasteiger partial charge on any atom is -0.490 e. The number of benzene rings is 2. The average molecular weight is 779 g/mol. The summed E-state index contributed by atoms with van der Waals surface area (Å²) in [4.78, 5) is 31.5. The maximum Gasteiger partial charge on any atom is 0.310 e. The van der Waals surface area contributed by atoms with Crippen molar-refractivity contribution in [3.8, 4) is 16.9 Å². The minimum atomic E-state index is -3.64. The van der Waals surface area contributed by atoms with Gasteiger partial charge in [-0.2, -0.15) is 0 Å². The van der Waals surface area contributed by atoms with Crippen LogP contribution in [0.4, 0.5) is 0 Å². The third kappa shape index (κ3) is 9.17.